The van der Waals surface area contributed by atoms with Gasteiger partial charge in [-0.25, -0.2) is 0 Å². The van der Waals surface area contributed by atoms with Crippen molar-refractivity contribution in [1.82, 2.24) is 0 Å². The summed E-state index contributed by atoms with van der Waals surface area (Å²) in [6, 6.07) is 8.55. The minimum absolute atomic E-state index is 0.687. The first kappa shape index (κ1) is 12.0. The van der Waals surface area contributed by atoms with Gasteiger partial charge in [-0.3, -0.25) is 0 Å². The Labute approximate surface area is 110 Å². The second-order valence-corrected chi connectivity index (χ2v) is 5.79. The lowest BCUT2D eigenvalue weighted by Gasteiger charge is -2.29. The summed E-state index contributed by atoms with van der Waals surface area (Å²) in [6.45, 7) is 1.75. The van der Waals surface area contributed by atoms with E-state index in [0.717, 1.165) is 30.7 Å². The average molecular weight is 245 g/mol. The molecule has 1 aliphatic heterocycles. The van der Waals surface area contributed by atoms with Gasteiger partial charge in [0.15, 0.2) is 0 Å². The van der Waals surface area contributed by atoms with Gasteiger partial charge in [-0.15, -0.1) is 0 Å². The minimum atomic E-state index is 0.687. The molecule has 0 radical (unpaired) electrons. The fourth-order valence-electron chi connectivity index (χ4n) is 3.76. The SMILES string of the molecule is NCC1CCCC1CC1CCOc2ccccc21. The van der Waals surface area contributed by atoms with Crippen LogP contribution in [0.1, 0.15) is 43.6 Å². The van der Waals surface area contributed by atoms with Crippen LogP contribution in [0.2, 0.25) is 0 Å². The van der Waals surface area contributed by atoms with Crippen LogP contribution in [-0.4, -0.2) is 13.2 Å². The van der Waals surface area contributed by atoms with Gasteiger partial charge in [-0.1, -0.05) is 31.0 Å². The van der Waals surface area contributed by atoms with Gasteiger partial charge in [0.25, 0.3) is 0 Å². The Bertz CT molecular complexity index is 404. The van der Waals surface area contributed by atoms with E-state index >= 15 is 0 Å². The van der Waals surface area contributed by atoms with Crippen LogP contribution in [0.5, 0.6) is 5.75 Å². The molecule has 1 aromatic carbocycles. The highest BCUT2D eigenvalue weighted by Gasteiger charge is 2.31. The van der Waals surface area contributed by atoms with Crippen LogP contribution < -0.4 is 10.5 Å². The molecule has 1 heterocycles. The highest BCUT2D eigenvalue weighted by Crippen LogP contribution is 2.42. The molecule has 1 aromatic rings. The predicted octanol–water partition coefficient (Wildman–Crippen LogP) is 3.32. The molecular formula is C16H23NO. The summed E-state index contributed by atoms with van der Waals surface area (Å²) in [5.41, 5.74) is 7.32. The van der Waals surface area contributed by atoms with Crippen molar-refractivity contribution in [3.8, 4) is 5.75 Å². The Morgan fingerprint density at radius 1 is 1.11 bits per heavy atom. The van der Waals surface area contributed by atoms with E-state index in [0.29, 0.717) is 5.92 Å². The van der Waals surface area contributed by atoms with Crippen LogP contribution in [0.3, 0.4) is 0 Å². The number of rotatable bonds is 3. The third-order valence-corrected chi connectivity index (χ3v) is 4.79. The summed E-state index contributed by atoms with van der Waals surface area (Å²) in [6.07, 6.45) is 6.57. The van der Waals surface area contributed by atoms with Crippen LogP contribution in [-0.2, 0) is 0 Å². The molecule has 0 aromatic heterocycles. The maximum atomic E-state index is 5.90. The van der Waals surface area contributed by atoms with E-state index < -0.39 is 0 Å². The summed E-state index contributed by atoms with van der Waals surface area (Å²) in [7, 11) is 0. The molecule has 2 N–H and O–H groups in total. The van der Waals surface area contributed by atoms with Crippen LogP contribution in [0.25, 0.3) is 0 Å². The monoisotopic (exact) mass is 245 g/mol. The zero-order chi connectivity index (χ0) is 12.4. The number of fused-ring (bicyclic) bond motifs is 1. The molecule has 0 bridgehead atoms. The molecule has 18 heavy (non-hydrogen) atoms. The second kappa shape index (κ2) is 5.31. The smallest absolute Gasteiger partial charge is 0.122 e. The van der Waals surface area contributed by atoms with E-state index in [1.807, 2.05) is 0 Å². The molecule has 2 heteroatoms. The van der Waals surface area contributed by atoms with Crippen molar-refractivity contribution in [2.24, 2.45) is 17.6 Å². The molecule has 0 saturated heterocycles. The van der Waals surface area contributed by atoms with Crippen molar-refractivity contribution < 1.29 is 4.74 Å². The number of hydrogen-bond donors (Lipinski definition) is 1. The van der Waals surface area contributed by atoms with Gasteiger partial charge >= 0.3 is 0 Å². The van der Waals surface area contributed by atoms with E-state index in [1.165, 1.54) is 37.7 Å². The van der Waals surface area contributed by atoms with Gasteiger partial charge in [0.2, 0.25) is 0 Å². The van der Waals surface area contributed by atoms with Crippen molar-refractivity contribution >= 4 is 0 Å². The lowest BCUT2D eigenvalue weighted by atomic mass is 9.81. The molecule has 3 rings (SSSR count). The highest BCUT2D eigenvalue weighted by molar-refractivity contribution is 5.37. The third kappa shape index (κ3) is 2.26. The number of benzene rings is 1. The van der Waals surface area contributed by atoms with E-state index in [2.05, 4.69) is 24.3 Å². The maximum absolute atomic E-state index is 5.90. The van der Waals surface area contributed by atoms with Crippen LogP contribution >= 0.6 is 0 Å². The third-order valence-electron chi connectivity index (χ3n) is 4.79. The van der Waals surface area contributed by atoms with E-state index in [9.17, 15) is 0 Å². The molecule has 1 aliphatic carbocycles. The van der Waals surface area contributed by atoms with Crippen molar-refractivity contribution in [3.63, 3.8) is 0 Å². The Hall–Kier alpha value is -1.02. The summed E-state index contributed by atoms with van der Waals surface area (Å²) in [5.74, 6) is 3.40. The minimum Gasteiger partial charge on any atom is -0.493 e. The summed E-state index contributed by atoms with van der Waals surface area (Å²) >= 11 is 0. The topological polar surface area (TPSA) is 35.2 Å². The Morgan fingerprint density at radius 3 is 2.83 bits per heavy atom. The van der Waals surface area contributed by atoms with E-state index in [1.54, 1.807) is 0 Å². The standard InChI is InChI=1S/C16H23NO/c17-11-14-5-3-4-12(14)10-13-8-9-18-16-7-2-1-6-15(13)16/h1-2,6-7,12-14H,3-5,8-11,17H2. The molecule has 1 saturated carbocycles. The average Bonchev–Trinajstić information content (AvgIpc) is 2.86. The lowest BCUT2D eigenvalue weighted by molar-refractivity contribution is 0.241. The van der Waals surface area contributed by atoms with Crippen molar-refractivity contribution in [1.29, 1.82) is 0 Å². The number of hydrogen-bond acceptors (Lipinski definition) is 2. The zero-order valence-corrected chi connectivity index (χ0v) is 11.0. The van der Waals surface area contributed by atoms with Gasteiger partial charge in [0, 0.05) is 0 Å². The summed E-state index contributed by atoms with van der Waals surface area (Å²) in [5, 5.41) is 0. The van der Waals surface area contributed by atoms with Crippen LogP contribution in [0, 0.1) is 11.8 Å². The Balaban J connectivity index is 1.74. The highest BCUT2D eigenvalue weighted by atomic mass is 16.5. The first-order valence-electron chi connectivity index (χ1n) is 7.30. The largest absolute Gasteiger partial charge is 0.493 e. The fourth-order valence-corrected chi connectivity index (χ4v) is 3.76. The van der Waals surface area contributed by atoms with Crippen LogP contribution in [0.4, 0.5) is 0 Å². The van der Waals surface area contributed by atoms with Crippen LogP contribution in [0.15, 0.2) is 24.3 Å². The van der Waals surface area contributed by atoms with Gasteiger partial charge in [-0.05, 0) is 55.2 Å². The molecule has 3 unspecified atom stereocenters. The first-order chi connectivity index (χ1) is 8.88. The normalized spacial score (nSPS) is 30.8. The maximum Gasteiger partial charge on any atom is 0.122 e. The number of nitrogens with two attached hydrogens (primary N) is 1. The molecule has 98 valence electrons. The first-order valence-corrected chi connectivity index (χ1v) is 7.30. The van der Waals surface area contributed by atoms with Gasteiger partial charge in [0.05, 0.1) is 6.61 Å². The van der Waals surface area contributed by atoms with E-state index in [4.69, 9.17) is 10.5 Å². The Kier molecular flexibility index (Phi) is 3.55. The van der Waals surface area contributed by atoms with Crippen molar-refractivity contribution in [2.75, 3.05) is 13.2 Å². The predicted molar refractivity (Wildman–Crippen MR) is 73.8 cm³/mol. The number of ether oxygens (including phenoxy) is 1. The molecule has 2 aliphatic rings. The van der Waals surface area contributed by atoms with Crippen molar-refractivity contribution in [3.05, 3.63) is 29.8 Å². The second-order valence-electron chi connectivity index (χ2n) is 5.79. The van der Waals surface area contributed by atoms with Gasteiger partial charge in [0.1, 0.15) is 5.75 Å². The number of para-hydroxylation sites is 1. The molecule has 3 atom stereocenters. The van der Waals surface area contributed by atoms with Gasteiger partial charge in [-0.2, -0.15) is 0 Å². The fraction of sp³-hybridized carbons (Fsp3) is 0.625. The molecule has 0 amide bonds. The zero-order valence-electron chi connectivity index (χ0n) is 11.0. The summed E-state index contributed by atoms with van der Waals surface area (Å²) in [4.78, 5) is 0. The Morgan fingerprint density at radius 2 is 1.94 bits per heavy atom. The van der Waals surface area contributed by atoms with Crippen molar-refractivity contribution in [2.45, 2.75) is 38.0 Å². The molecule has 0 spiro atoms. The molecule has 1 fully saturated rings. The molecular weight excluding hydrogens is 222 g/mol. The quantitative estimate of drug-likeness (QED) is 0.886. The summed E-state index contributed by atoms with van der Waals surface area (Å²) < 4.78 is 5.75. The molecule has 2 nitrogen and oxygen atoms in total. The van der Waals surface area contributed by atoms with E-state index in [-0.39, 0.29) is 0 Å². The van der Waals surface area contributed by atoms with Gasteiger partial charge < -0.3 is 10.5 Å². The lowest BCUT2D eigenvalue weighted by Crippen LogP contribution is -2.22.